The summed E-state index contributed by atoms with van der Waals surface area (Å²) in [6, 6.07) is 9.40. The van der Waals surface area contributed by atoms with E-state index in [-0.39, 0.29) is 12.1 Å². The van der Waals surface area contributed by atoms with Crippen LogP contribution in [0, 0.1) is 0 Å². The Morgan fingerprint density at radius 3 is 2.62 bits per heavy atom. The first-order valence-electron chi connectivity index (χ1n) is 6.83. The first-order valence-corrected chi connectivity index (χ1v) is 7.59. The Morgan fingerprint density at radius 1 is 1.12 bits per heavy atom. The summed E-state index contributed by atoms with van der Waals surface area (Å²) in [6.07, 6.45) is 4.18. The molecule has 0 aliphatic heterocycles. The summed E-state index contributed by atoms with van der Waals surface area (Å²) in [6.45, 7) is -0.202. The second-order valence-corrected chi connectivity index (χ2v) is 5.55. The molecule has 0 aliphatic carbocycles. The molecule has 0 saturated heterocycles. The Morgan fingerprint density at radius 2 is 1.92 bits per heavy atom. The predicted octanol–water partition coefficient (Wildman–Crippen LogP) is 2.02. The van der Waals surface area contributed by atoms with Crippen molar-refractivity contribution < 1.29 is 9.59 Å². The number of halogens is 2. The van der Waals surface area contributed by atoms with Crippen molar-refractivity contribution in [1.82, 2.24) is 15.4 Å². The molecule has 24 heavy (non-hydrogen) atoms. The molecule has 6 nitrogen and oxygen atoms in total. The third-order valence-electron chi connectivity index (χ3n) is 2.91. The van der Waals surface area contributed by atoms with Crippen molar-refractivity contribution in [2.45, 2.75) is 6.54 Å². The molecule has 0 radical (unpaired) electrons. The van der Waals surface area contributed by atoms with Crippen LogP contribution in [0.25, 0.3) is 6.08 Å². The van der Waals surface area contributed by atoms with Crippen molar-refractivity contribution in [2.75, 3.05) is 0 Å². The van der Waals surface area contributed by atoms with Gasteiger partial charge in [0.05, 0.1) is 0 Å². The number of aromatic nitrogens is 1. The largest absolute Gasteiger partial charge is 0.306 e. The standard InChI is InChI=1S/C16H13Cl2N3O3/c17-12-6-4-11(13(18)9-12)5-7-14(22)19-20-15(23)10-21-8-2-1-3-16(21)24/h1-9H,10H2,(H,19,22)(H,20,23)/b7-5+. The minimum atomic E-state index is -0.547. The molecule has 0 bridgehead atoms. The zero-order chi connectivity index (χ0) is 17.5. The van der Waals surface area contributed by atoms with Crippen LogP contribution in [-0.2, 0) is 16.1 Å². The van der Waals surface area contributed by atoms with E-state index >= 15 is 0 Å². The third kappa shape index (κ3) is 5.26. The number of hydrogen-bond donors (Lipinski definition) is 2. The molecule has 1 aromatic carbocycles. The highest BCUT2D eigenvalue weighted by atomic mass is 35.5. The highest BCUT2D eigenvalue weighted by Gasteiger charge is 2.05. The van der Waals surface area contributed by atoms with E-state index in [1.54, 1.807) is 30.3 Å². The van der Waals surface area contributed by atoms with Gasteiger partial charge in [-0.2, -0.15) is 0 Å². The smallest absolute Gasteiger partial charge is 0.262 e. The highest BCUT2D eigenvalue weighted by Crippen LogP contribution is 2.21. The molecule has 124 valence electrons. The fraction of sp³-hybridized carbons (Fsp3) is 0.0625. The van der Waals surface area contributed by atoms with E-state index in [1.807, 2.05) is 0 Å². The molecule has 0 saturated carbocycles. The fourth-order valence-corrected chi connectivity index (χ4v) is 2.23. The van der Waals surface area contributed by atoms with Crippen LogP contribution >= 0.6 is 23.2 Å². The van der Waals surface area contributed by atoms with Crippen LogP contribution in [0.15, 0.2) is 53.5 Å². The highest BCUT2D eigenvalue weighted by molar-refractivity contribution is 6.35. The van der Waals surface area contributed by atoms with Gasteiger partial charge in [-0.3, -0.25) is 25.2 Å². The second-order valence-electron chi connectivity index (χ2n) is 4.70. The van der Waals surface area contributed by atoms with Gasteiger partial charge >= 0.3 is 0 Å². The number of nitrogens with zero attached hydrogens (tertiary/aromatic N) is 1. The first-order chi connectivity index (χ1) is 11.5. The van der Waals surface area contributed by atoms with Crippen molar-refractivity contribution in [1.29, 1.82) is 0 Å². The molecule has 1 aromatic heterocycles. The molecule has 2 rings (SSSR count). The normalized spacial score (nSPS) is 10.6. The van der Waals surface area contributed by atoms with Gasteiger partial charge in [-0.15, -0.1) is 0 Å². The number of rotatable bonds is 4. The summed E-state index contributed by atoms with van der Waals surface area (Å²) in [5.74, 6) is -1.08. The van der Waals surface area contributed by atoms with E-state index in [2.05, 4.69) is 10.9 Å². The van der Waals surface area contributed by atoms with Crippen LogP contribution in [0.3, 0.4) is 0 Å². The molecule has 0 atom stereocenters. The van der Waals surface area contributed by atoms with Gasteiger partial charge in [-0.1, -0.05) is 35.3 Å². The fourth-order valence-electron chi connectivity index (χ4n) is 1.76. The number of hydrazine groups is 1. The summed E-state index contributed by atoms with van der Waals surface area (Å²) in [7, 11) is 0. The maximum atomic E-state index is 11.7. The second kappa shape index (κ2) is 8.33. The van der Waals surface area contributed by atoms with Crippen molar-refractivity contribution in [3.63, 3.8) is 0 Å². The van der Waals surface area contributed by atoms with E-state index in [4.69, 9.17) is 23.2 Å². The van der Waals surface area contributed by atoms with E-state index in [0.717, 1.165) is 0 Å². The van der Waals surface area contributed by atoms with Crippen molar-refractivity contribution in [3.05, 3.63) is 74.6 Å². The number of benzene rings is 1. The molecule has 2 amide bonds. The van der Waals surface area contributed by atoms with E-state index < -0.39 is 11.8 Å². The topological polar surface area (TPSA) is 80.2 Å². The van der Waals surface area contributed by atoms with Crippen LogP contribution in [0.5, 0.6) is 0 Å². The molecule has 0 aliphatic rings. The Kier molecular flexibility index (Phi) is 6.17. The Bertz CT molecular complexity index is 846. The molecule has 8 heteroatoms. The van der Waals surface area contributed by atoms with Crippen molar-refractivity contribution in [2.24, 2.45) is 0 Å². The van der Waals surface area contributed by atoms with Gasteiger partial charge in [0.2, 0.25) is 0 Å². The minimum absolute atomic E-state index is 0.202. The molecule has 2 aromatic rings. The monoisotopic (exact) mass is 365 g/mol. The van der Waals surface area contributed by atoms with Gasteiger partial charge in [0.25, 0.3) is 17.4 Å². The lowest BCUT2D eigenvalue weighted by Gasteiger charge is -2.07. The maximum absolute atomic E-state index is 11.7. The van der Waals surface area contributed by atoms with Crippen LogP contribution in [0.1, 0.15) is 5.56 Å². The Hall–Kier alpha value is -2.57. The zero-order valence-corrected chi connectivity index (χ0v) is 13.8. The van der Waals surface area contributed by atoms with Gasteiger partial charge in [-0.25, -0.2) is 0 Å². The summed E-state index contributed by atoms with van der Waals surface area (Å²) in [4.78, 5) is 34.8. The lowest BCUT2D eigenvalue weighted by molar-refractivity contribution is -0.127. The van der Waals surface area contributed by atoms with E-state index in [1.165, 1.54) is 29.0 Å². The zero-order valence-electron chi connectivity index (χ0n) is 12.3. The minimum Gasteiger partial charge on any atom is -0.306 e. The molecule has 0 fully saturated rings. The summed E-state index contributed by atoms with van der Waals surface area (Å²) < 4.78 is 1.21. The molecule has 2 N–H and O–H groups in total. The maximum Gasteiger partial charge on any atom is 0.262 e. The van der Waals surface area contributed by atoms with Crippen molar-refractivity contribution >= 4 is 41.1 Å². The van der Waals surface area contributed by atoms with E-state index in [9.17, 15) is 14.4 Å². The lowest BCUT2D eigenvalue weighted by Crippen LogP contribution is -2.43. The first kappa shape index (κ1) is 17.8. The van der Waals surface area contributed by atoms with Gasteiger partial charge in [0.1, 0.15) is 6.54 Å². The average molecular weight is 366 g/mol. The molecule has 0 unspecified atom stereocenters. The average Bonchev–Trinajstić information content (AvgIpc) is 2.54. The number of carbonyl (C=O) groups is 2. The van der Waals surface area contributed by atoms with Crippen molar-refractivity contribution in [3.8, 4) is 0 Å². The number of pyridine rings is 1. The van der Waals surface area contributed by atoms with Crippen LogP contribution in [-0.4, -0.2) is 16.4 Å². The Balaban J connectivity index is 1.86. The SMILES string of the molecule is O=C(/C=C/c1ccc(Cl)cc1Cl)NNC(=O)Cn1ccccc1=O. The Labute approximate surface area is 147 Å². The summed E-state index contributed by atoms with van der Waals surface area (Å²) in [5, 5.41) is 0.893. The lowest BCUT2D eigenvalue weighted by atomic mass is 10.2. The summed E-state index contributed by atoms with van der Waals surface area (Å²) in [5.41, 5.74) is 4.73. The summed E-state index contributed by atoms with van der Waals surface area (Å²) >= 11 is 11.8. The number of amides is 2. The number of carbonyl (C=O) groups excluding carboxylic acids is 2. The number of hydrogen-bond acceptors (Lipinski definition) is 3. The van der Waals surface area contributed by atoms with E-state index in [0.29, 0.717) is 15.6 Å². The number of nitrogens with one attached hydrogen (secondary N) is 2. The molecule has 0 spiro atoms. The van der Waals surface area contributed by atoms with Crippen LogP contribution in [0.4, 0.5) is 0 Å². The van der Waals surface area contributed by atoms with Gasteiger partial charge in [0, 0.05) is 28.4 Å². The molecular formula is C16H13Cl2N3O3. The molecule has 1 heterocycles. The van der Waals surface area contributed by atoms with Gasteiger partial charge < -0.3 is 4.57 Å². The van der Waals surface area contributed by atoms with Gasteiger partial charge in [0.15, 0.2) is 0 Å². The quantitative estimate of drug-likeness (QED) is 0.642. The molecular weight excluding hydrogens is 353 g/mol. The van der Waals surface area contributed by atoms with Crippen LogP contribution in [0.2, 0.25) is 10.0 Å². The third-order valence-corrected chi connectivity index (χ3v) is 3.48. The predicted molar refractivity (Wildman–Crippen MR) is 92.5 cm³/mol. The van der Waals surface area contributed by atoms with Crippen LogP contribution < -0.4 is 16.4 Å². The van der Waals surface area contributed by atoms with Gasteiger partial charge in [-0.05, 0) is 29.8 Å².